The Bertz CT molecular complexity index is 866. The number of nitrogens with one attached hydrogen (secondary N) is 2. The monoisotopic (exact) mass is 414 g/mol. The Morgan fingerprint density at radius 2 is 1.69 bits per heavy atom. The minimum absolute atomic E-state index is 0.0684. The van der Waals surface area contributed by atoms with Gasteiger partial charge in [-0.3, -0.25) is 9.59 Å². The number of carbonyl (C=O) groups is 3. The van der Waals surface area contributed by atoms with E-state index in [4.69, 9.17) is 4.74 Å². The quantitative estimate of drug-likeness (QED) is 0.475. The van der Waals surface area contributed by atoms with Crippen molar-refractivity contribution < 1.29 is 19.1 Å². The number of esters is 1. The fourth-order valence-corrected chi connectivity index (χ4v) is 3.25. The molecule has 0 aromatic heterocycles. The van der Waals surface area contributed by atoms with E-state index in [0.29, 0.717) is 30.0 Å². The standard InChI is InChI=1S/C22H26N2O4S/c1-4-28-22(27)17-7-9-18(10-8-17)23-21(26)14-29-12-11-20(25)24-19-13-15(2)5-6-16(19)3/h5-10,13H,4,11-12,14H2,1-3H3,(H,23,26)(H,24,25). The van der Waals surface area contributed by atoms with Crippen LogP contribution >= 0.6 is 11.8 Å². The molecule has 0 aliphatic rings. The molecule has 0 heterocycles. The first-order chi connectivity index (χ1) is 13.9. The molecule has 29 heavy (non-hydrogen) atoms. The second-order valence-electron chi connectivity index (χ2n) is 6.52. The molecule has 2 N–H and O–H groups in total. The van der Waals surface area contributed by atoms with E-state index >= 15 is 0 Å². The third-order valence-corrected chi connectivity index (χ3v) is 5.01. The van der Waals surface area contributed by atoms with E-state index in [-0.39, 0.29) is 23.5 Å². The van der Waals surface area contributed by atoms with Gasteiger partial charge in [-0.05, 0) is 62.2 Å². The minimum atomic E-state index is -0.389. The van der Waals surface area contributed by atoms with Crippen molar-refractivity contribution in [1.29, 1.82) is 0 Å². The van der Waals surface area contributed by atoms with Gasteiger partial charge >= 0.3 is 5.97 Å². The lowest BCUT2D eigenvalue weighted by atomic mass is 10.1. The number of hydrogen-bond acceptors (Lipinski definition) is 5. The van der Waals surface area contributed by atoms with E-state index in [2.05, 4.69) is 10.6 Å². The van der Waals surface area contributed by atoms with Crippen molar-refractivity contribution in [2.75, 3.05) is 28.7 Å². The average molecular weight is 415 g/mol. The number of aryl methyl sites for hydroxylation is 2. The van der Waals surface area contributed by atoms with Crippen LogP contribution in [0.5, 0.6) is 0 Å². The number of benzene rings is 2. The molecule has 0 fully saturated rings. The zero-order chi connectivity index (χ0) is 21.2. The van der Waals surface area contributed by atoms with Crippen molar-refractivity contribution >= 4 is 40.9 Å². The highest BCUT2D eigenvalue weighted by molar-refractivity contribution is 7.99. The molecule has 0 bridgehead atoms. The maximum atomic E-state index is 12.1. The van der Waals surface area contributed by atoms with Gasteiger partial charge in [-0.15, -0.1) is 0 Å². The van der Waals surface area contributed by atoms with Crippen molar-refractivity contribution in [2.45, 2.75) is 27.2 Å². The molecule has 0 saturated carbocycles. The molecule has 2 amide bonds. The molecule has 0 saturated heterocycles. The average Bonchev–Trinajstić information content (AvgIpc) is 2.69. The molecule has 0 aliphatic heterocycles. The van der Waals surface area contributed by atoms with Crippen LogP contribution in [0.15, 0.2) is 42.5 Å². The van der Waals surface area contributed by atoms with Crippen LogP contribution in [0, 0.1) is 13.8 Å². The number of anilines is 2. The molecule has 0 atom stereocenters. The third-order valence-electron chi connectivity index (χ3n) is 4.05. The van der Waals surface area contributed by atoms with Crippen LogP contribution in [-0.4, -0.2) is 35.9 Å². The molecule has 0 radical (unpaired) electrons. The Morgan fingerprint density at radius 3 is 2.38 bits per heavy atom. The van der Waals surface area contributed by atoms with Gasteiger partial charge < -0.3 is 15.4 Å². The highest BCUT2D eigenvalue weighted by Gasteiger charge is 2.09. The Kier molecular flexibility index (Phi) is 8.73. The van der Waals surface area contributed by atoms with Crippen molar-refractivity contribution in [3.05, 3.63) is 59.2 Å². The van der Waals surface area contributed by atoms with Crippen LogP contribution in [0.4, 0.5) is 11.4 Å². The molecule has 2 rings (SSSR count). The molecular weight excluding hydrogens is 388 g/mol. The Labute approximate surface area is 175 Å². The van der Waals surface area contributed by atoms with Crippen LogP contribution in [0.3, 0.4) is 0 Å². The Hall–Kier alpha value is -2.80. The summed E-state index contributed by atoms with van der Waals surface area (Å²) in [6, 6.07) is 12.5. The SMILES string of the molecule is CCOC(=O)c1ccc(NC(=O)CSCCC(=O)Nc2cc(C)ccc2C)cc1. The summed E-state index contributed by atoms with van der Waals surface area (Å²) in [5, 5.41) is 5.68. The predicted octanol–water partition coefficient (Wildman–Crippen LogP) is 4.18. The lowest BCUT2D eigenvalue weighted by Crippen LogP contribution is -2.16. The topological polar surface area (TPSA) is 84.5 Å². The fraction of sp³-hybridized carbons (Fsp3) is 0.318. The van der Waals surface area contributed by atoms with Gasteiger partial charge in [0, 0.05) is 23.5 Å². The van der Waals surface area contributed by atoms with E-state index in [0.717, 1.165) is 16.8 Å². The van der Waals surface area contributed by atoms with Crippen LogP contribution in [0.25, 0.3) is 0 Å². The van der Waals surface area contributed by atoms with E-state index < -0.39 is 0 Å². The molecule has 2 aromatic rings. The summed E-state index contributed by atoms with van der Waals surface area (Å²) < 4.78 is 4.92. The van der Waals surface area contributed by atoms with Crippen LogP contribution < -0.4 is 10.6 Å². The Balaban J connectivity index is 1.69. The maximum Gasteiger partial charge on any atom is 0.338 e. The molecule has 6 nitrogen and oxygen atoms in total. The largest absolute Gasteiger partial charge is 0.462 e. The van der Waals surface area contributed by atoms with Gasteiger partial charge in [0.25, 0.3) is 0 Å². The first kappa shape index (κ1) is 22.5. The number of ether oxygens (including phenoxy) is 1. The molecule has 0 aliphatic carbocycles. The van der Waals surface area contributed by atoms with Gasteiger partial charge in [0.05, 0.1) is 17.9 Å². The van der Waals surface area contributed by atoms with Crippen LogP contribution in [0.1, 0.15) is 34.8 Å². The normalized spacial score (nSPS) is 10.3. The molecule has 0 spiro atoms. The highest BCUT2D eigenvalue weighted by Crippen LogP contribution is 2.17. The minimum Gasteiger partial charge on any atom is -0.462 e. The maximum absolute atomic E-state index is 12.1. The van der Waals surface area contributed by atoms with E-state index in [9.17, 15) is 14.4 Å². The molecule has 154 valence electrons. The molecular formula is C22H26N2O4S. The smallest absolute Gasteiger partial charge is 0.338 e. The van der Waals surface area contributed by atoms with Gasteiger partial charge in [0.1, 0.15) is 0 Å². The zero-order valence-electron chi connectivity index (χ0n) is 16.9. The van der Waals surface area contributed by atoms with Crippen LogP contribution in [-0.2, 0) is 14.3 Å². The number of carbonyl (C=O) groups excluding carboxylic acids is 3. The molecule has 7 heteroatoms. The summed E-state index contributed by atoms with van der Waals surface area (Å²) in [4.78, 5) is 35.7. The second-order valence-corrected chi connectivity index (χ2v) is 7.62. The van der Waals surface area contributed by atoms with Gasteiger partial charge in [-0.1, -0.05) is 12.1 Å². The van der Waals surface area contributed by atoms with Gasteiger partial charge in [0.2, 0.25) is 11.8 Å². The van der Waals surface area contributed by atoms with Gasteiger partial charge in [-0.2, -0.15) is 11.8 Å². The number of amides is 2. The van der Waals surface area contributed by atoms with Crippen molar-refractivity contribution in [3.8, 4) is 0 Å². The van der Waals surface area contributed by atoms with Crippen molar-refractivity contribution in [2.24, 2.45) is 0 Å². The summed E-state index contributed by atoms with van der Waals surface area (Å²) in [5.74, 6) is 0.178. The van der Waals surface area contributed by atoms with E-state index in [1.54, 1.807) is 31.2 Å². The second kappa shape index (κ2) is 11.3. The predicted molar refractivity (Wildman–Crippen MR) is 118 cm³/mol. The van der Waals surface area contributed by atoms with Crippen molar-refractivity contribution in [3.63, 3.8) is 0 Å². The summed E-state index contributed by atoms with van der Waals surface area (Å²) in [5.41, 5.74) is 3.98. The van der Waals surface area contributed by atoms with Gasteiger partial charge in [0.15, 0.2) is 0 Å². The van der Waals surface area contributed by atoms with Crippen LogP contribution in [0.2, 0.25) is 0 Å². The van der Waals surface area contributed by atoms with E-state index in [1.165, 1.54) is 11.8 Å². The number of thioether (sulfide) groups is 1. The van der Waals surface area contributed by atoms with Gasteiger partial charge in [-0.25, -0.2) is 4.79 Å². The summed E-state index contributed by atoms with van der Waals surface area (Å²) in [6.45, 7) is 6.00. The first-order valence-electron chi connectivity index (χ1n) is 9.41. The number of rotatable bonds is 9. The lowest BCUT2D eigenvalue weighted by molar-refractivity contribution is -0.116. The molecule has 0 unspecified atom stereocenters. The molecule has 2 aromatic carbocycles. The van der Waals surface area contributed by atoms with E-state index in [1.807, 2.05) is 32.0 Å². The fourth-order valence-electron chi connectivity index (χ4n) is 2.51. The third kappa shape index (κ3) is 7.62. The summed E-state index contributed by atoms with van der Waals surface area (Å²) >= 11 is 1.39. The summed E-state index contributed by atoms with van der Waals surface area (Å²) in [6.07, 6.45) is 0.333. The highest BCUT2D eigenvalue weighted by atomic mass is 32.2. The Morgan fingerprint density at radius 1 is 0.966 bits per heavy atom. The lowest BCUT2D eigenvalue weighted by Gasteiger charge is -2.09. The number of hydrogen-bond donors (Lipinski definition) is 2. The van der Waals surface area contributed by atoms with Crippen molar-refractivity contribution in [1.82, 2.24) is 0 Å². The summed E-state index contributed by atoms with van der Waals surface area (Å²) in [7, 11) is 0. The zero-order valence-corrected chi connectivity index (χ0v) is 17.7. The first-order valence-corrected chi connectivity index (χ1v) is 10.6.